The van der Waals surface area contributed by atoms with Crippen molar-refractivity contribution in [3.05, 3.63) is 45.8 Å². The number of furan rings is 1. The Morgan fingerprint density at radius 3 is 2.96 bits per heavy atom. The first-order valence-electron chi connectivity index (χ1n) is 7.74. The van der Waals surface area contributed by atoms with Gasteiger partial charge in [-0.1, -0.05) is 11.6 Å². The SMILES string of the molecule is Cc1c(CC(N)CCF)sc2c(NCc3ccco3)cc(Cl)nc12.Cl. The molecule has 136 valence electrons. The minimum Gasteiger partial charge on any atom is -0.467 e. The van der Waals surface area contributed by atoms with Crippen LogP contribution in [-0.4, -0.2) is 17.7 Å². The lowest BCUT2D eigenvalue weighted by Crippen LogP contribution is -2.23. The quantitative estimate of drug-likeness (QED) is 0.537. The summed E-state index contributed by atoms with van der Waals surface area (Å²) in [6.07, 6.45) is 2.66. The lowest BCUT2D eigenvalue weighted by atomic mass is 10.1. The zero-order valence-corrected chi connectivity index (χ0v) is 16.1. The standard InChI is InChI=1S/C17H19ClFN3OS.ClH/c1-10-14(7-11(20)4-5-19)24-17-13(8-15(18)22-16(10)17)21-9-12-3-2-6-23-12;/h2-3,6,8,11H,4-5,7,9,20H2,1H3,(H,21,22);1H. The molecular formula is C17H20Cl2FN3OS. The fraction of sp³-hybridized carbons (Fsp3) is 0.353. The summed E-state index contributed by atoms with van der Waals surface area (Å²) in [6.45, 7) is 2.18. The molecule has 1 unspecified atom stereocenters. The molecule has 0 saturated heterocycles. The molecule has 0 bridgehead atoms. The van der Waals surface area contributed by atoms with Crippen LogP contribution in [0, 0.1) is 6.92 Å². The molecule has 3 heterocycles. The van der Waals surface area contributed by atoms with Gasteiger partial charge in [0.05, 0.1) is 35.4 Å². The molecular weight excluding hydrogens is 384 g/mol. The van der Waals surface area contributed by atoms with Crippen LogP contribution >= 0.6 is 35.3 Å². The average Bonchev–Trinajstić information content (AvgIpc) is 3.15. The molecule has 8 heteroatoms. The second kappa shape index (κ2) is 8.85. The van der Waals surface area contributed by atoms with Gasteiger partial charge in [0.2, 0.25) is 0 Å². The van der Waals surface area contributed by atoms with E-state index < -0.39 is 6.67 Å². The van der Waals surface area contributed by atoms with Gasteiger partial charge >= 0.3 is 0 Å². The van der Waals surface area contributed by atoms with Crippen molar-refractivity contribution in [1.29, 1.82) is 0 Å². The van der Waals surface area contributed by atoms with Crippen LogP contribution in [0.4, 0.5) is 10.1 Å². The van der Waals surface area contributed by atoms with Crippen molar-refractivity contribution in [2.24, 2.45) is 5.73 Å². The Morgan fingerprint density at radius 2 is 2.28 bits per heavy atom. The van der Waals surface area contributed by atoms with Crippen LogP contribution in [0.25, 0.3) is 10.2 Å². The molecule has 0 fully saturated rings. The van der Waals surface area contributed by atoms with E-state index in [-0.39, 0.29) is 18.4 Å². The Hall–Kier alpha value is -1.34. The molecule has 0 saturated carbocycles. The number of aromatic nitrogens is 1. The van der Waals surface area contributed by atoms with E-state index in [2.05, 4.69) is 10.3 Å². The van der Waals surface area contributed by atoms with Crippen LogP contribution in [0.2, 0.25) is 5.15 Å². The third-order valence-corrected chi connectivity index (χ3v) is 5.43. The van der Waals surface area contributed by atoms with E-state index >= 15 is 0 Å². The summed E-state index contributed by atoms with van der Waals surface area (Å²) in [7, 11) is 0. The number of nitrogens with zero attached hydrogens (tertiary/aromatic N) is 1. The van der Waals surface area contributed by atoms with Crippen molar-refractivity contribution in [1.82, 2.24) is 4.98 Å². The summed E-state index contributed by atoms with van der Waals surface area (Å²) in [4.78, 5) is 5.58. The number of thiophene rings is 1. The van der Waals surface area contributed by atoms with Gasteiger partial charge in [0.15, 0.2) is 0 Å². The Morgan fingerprint density at radius 1 is 1.48 bits per heavy atom. The van der Waals surface area contributed by atoms with E-state index in [0.717, 1.165) is 32.1 Å². The molecule has 0 radical (unpaired) electrons. The van der Waals surface area contributed by atoms with Gasteiger partial charge in [-0.25, -0.2) is 4.98 Å². The highest BCUT2D eigenvalue weighted by atomic mass is 35.5. The van der Waals surface area contributed by atoms with E-state index in [1.165, 1.54) is 0 Å². The van der Waals surface area contributed by atoms with E-state index in [1.807, 2.05) is 25.1 Å². The lowest BCUT2D eigenvalue weighted by Gasteiger charge is -2.07. The molecule has 4 nitrogen and oxygen atoms in total. The number of anilines is 1. The molecule has 0 aliphatic rings. The van der Waals surface area contributed by atoms with Gasteiger partial charge in [-0.2, -0.15) is 0 Å². The summed E-state index contributed by atoms with van der Waals surface area (Å²) < 4.78 is 18.9. The van der Waals surface area contributed by atoms with Crippen LogP contribution < -0.4 is 11.1 Å². The highest BCUT2D eigenvalue weighted by molar-refractivity contribution is 7.19. The molecule has 0 aliphatic heterocycles. The van der Waals surface area contributed by atoms with Crippen molar-refractivity contribution < 1.29 is 8.81 Å². The average molecular weight is 404 g/mol. The summed E-state index contributed by atoms with van der Waals surface area (Å²) >= 11 is 7.81. The first-order chi connectivity index (χ1) is 11.6. The van der Waals surface area contributed by atoms with Crippen LogP contribution in [0.1, 0.15) is 22.6 Å². The molecule has 1 atom stereocenters. The topological polar surface area (TPSA) is 64.1 Å². The fourth-order valence-corrected chi connectivity index (χ4v) is 4.12. The molecule has 25 heavy (non-hydrogen) atoms. The van der Waals surface area contributed by atoms with Gasteiger partial charge < -0.3 is 15.5 Å². The molecule has 0 aromatic carbocycles. The molecule has 3 rings (SSSR count). The maximum Gasteiger partial charge on any atom is 0.131 e. The van der Waals surface area contributed by atoms with Gasteiger partial charge in [-0.15, -0.1) is 23.7 Å². The number of aryl methyl sites for hydroxylation is 1. The van der Waals surface area contributed by atoms with Gasteiger partial charge in [0, 0.05) is 17.0 Å². The predicted octanol–water partition coefficient (Wildman–Crippen LogP) is 5.11. The molecule has 3 N–H and O–H groups in total. The zero-order chi connectivity index (χ0) is 17.1. The van der Waals surface area contributed by atoms with Crippen LogP contribution in [0.5, 0.6) is 0 Å². The Labute approximate surface area is 161 Å². The molecule has 0 amide bonds. The number of fused-ring (bicyclic) bond motifs is 1. The second-order valence-electron chi connectivity index (χ2n) is 5.70. The highest BCUT2D eigenvalue weighted by Crippen LogP contribution is 2.37. The second-order valence-corrected chi connectivity index (χ2v) is 7.19. The number of rotatable bonds is 7. The van der Waals surface area contributed by atoms with Gasteiger partial charge in [0.25, 0.3) is 0 Å². The number of alkyl halides is 1. The van der Waals surface area contributed by atoms with E-state index in [9.17, 15) is 4.39 Å². The monoisotopic (exact) mass is 403 g/mol. The van der Waals surface area contributed by atoms with E-state index in [0.29, 0.717) is 24.5 Å². The summed E-state index contributed by atoms with van der Waals surface area (Å²) in [6, 6.07) is 5.39. The summed E-state index contributed by atoms with van der Waals surface area (Å²) in [5.74, 6) is 0.842. The number of hydrogen-bond acceptors (Lipinski definition) is 5. The van der Waals surface area contributed by atoms with Crippen molar-refractivity contribution in [3.63, 3.8) is 0 Å². The van der Waals surface area contributed by atoms with Crippen LogP contribution in [-0.2, 0) is 13.0 Å². The minimum absolute atomic E-state index is 0. The molecule has 0 aliphatic carbocycles. The Kier molecular flexibility index (Phi) is 7.07. The highest BCUT2D eigenvalue weighted by Gasteiger charge is 2.16. The predicted molar refractivity (Wildman–Crippen MR) is 105 cm³/mol. The van der Waals surface area contributed by atoms with Gasteiger partial charge in [-0.3, -0.25) is 4.39 Å². The molecule has 0 spiro atoms. The lowest BCUT2D eigenvalue weighted by molar-refractivity contribution is 0.436. The fourth-order valence-electron chi connectivity index (χ4n) is 2.59. The van der Waals surface area contributed by atoms with Crippen molar-refractivity contribution in [3.8, 4) is 0 Å². The number of nitrogens with one attached hydrogen (secondary N) is 1. The largest absolute Gasteiger partial charge is 0.467 e. The number of pyridine rings is 1. The smallest absolute Gasteiger partial charge is 0.131 e. The van der Waals surface area contributed by atoms with Crippen molar-refractivity contribution >= 4 is 51.2 Å². The Bertz CT molecular complexity index is 823. The Balaban J connectivity index is 0.00000225. The number of hydrogen-bond donors (Lipinski definition) is 2. The summed E-state index contributed by atoms with van der Waals surface area (Å²) in [5, 5.41) is 3.79. The van der Waals surface area contributed by atoms with Gasteiger partial charge in [0.1, 0.15) is 10.9 Å². The van der Waals surface area contributed by atoms with Crippen molar-refractivity contribution in [2.45, 2.75) is 32.4 Å². The molecule has 3 aromatic heterocycles. The first kappa shape index (κ1) is 20.0. The zero-order valence-electron chi connectivity index (χ0n) is 13.7. The minimum atomic E-state index is -0.398. The maximum atomic E-state index is 12.5. The normalized spacial score (nSPS) is 12.2. The van der Waals surface area contributed by atoms with Crippen molar-refractivity contribution in [2.75, 3.05) is 12.0 Å². The third-order valence-electron chi connectivity index (χ3n) is 3.90. The van der Waals surface area contributed by atoms with E-state index in [4.69, 9.17) is 21.8 Å². The third kappa shape index (κ3) is 4.64. The van der Waals surface area contributed by atoms with E-state index in [1.54, 1.807) is 17.6 Å². The van der Waals surface area contributed by atoms with Crippen LogP contribution in [0.15, 0.2) is 28.9 Å². The number of nitrogens with two attached hydrogens (primary N) is 1. The first-order valence-corrected chi connectivity index (χ1v) is 8.94. The maximum absolute atomic E-state index is 12.5. The van der Waals surface area contributed by atoms with Crippen LogP contribution in [0.3, 0.4) is 0 Å². The number of halogens is 3. The summed E-state index contributed by atoms with van der Waals surface area (Å²) in [5.41, 5.74) is 8.84. The molecule has 3 aromatic rings. The van der Waals surface area contributed by atoms with Gasteiger partial charge in [-0.05, 0) is 37.5 Å².